The van der Waals surface area contributed by atoms with Gasteiger partial charge < -0.3 is 15.3 Å². The fraction of sp³-hybridized carbons (Fsp3) is 0.550. The second-order valence-electron chi connectivity index (χ2n) is 6.56. The normalized spacial score (nSPS) is 22.5. The number of aliphatic hydroxyl groups is 3. The molecule has 1 rings (SSSR count). The number of hydrogen-bond acceptors (Lipinski definition) is 4. The van der Waals surface area contributed by atoms with Crippen molar-refractivity contribution in [3.05, 3.63) is 48.3 Å². The van der Waals surface area contributed by atoms with Crippen molar-refractivity contribution in [2.24, 2.45) is 11.8 Å². The molecule has 0 radical (unpaired) electrons. The van der Waals surface area contributed by atoms with E-state index in [9.17, 15) is 20.1 Å². The molecular weight excluding hydrogens is 304 g/mol. The van der Waals surface area contributed by atoms with Gasteiger partial charge in [0.05, 0.1) is 6.10 Å². The van der Waals surface area contributed by atoms with Gasteiger partial charge in [0.2, 0.25) is 5.78 Å². The van der Waals surface area contributed by atoms with Crippen molar-refractivity contribution in [1.29, 1.82) is 0 Å². The largest absolute Gasteiger partial charge is 0.505 e. The van der Waals surface area contributed by atoms with Gasteiger partial charge in [-0.25, -0.2) is 0 Å². The maximum atomic E-state index is 11.6. The molecule has 0 saturated heterocycles. The summed E-state index contributed by atoms with van der Waals surface area (Å²) in [6, 6.07) is 0. The van der Waals surface area contributed by atoms with E-state index < -0.39 is 18.0 Å². The van der Waals surface area contributed by atoms with E-state index in [1.165, 1.54) is 6.08 Å². The second-order valence-corrected chi connectivity index (χ2v) is 6.56. The highest BCUT2D eigenvalue weighted by Gasteiger charge is 2.21. The molecule has 0 fully saturated rings. The summed E-state index contributed by atoms with van der Waals surface area (Å²) in [6.45, 7) is 3.47. The van der Waals surface area contributed by atoms with Gasteiger partial charge in [-0.1, -0.05) is 56.7 Å². The Morgan fingerprint density at radius 2 is 1.79 bits per heavy atom. The summed E-state index contributed by atoms with van der Waals surface area (Å²) in [5, 5.41) is 28.5. The molecule has 0 spiro atoms. The number of Topliss-reactive ketones (excluding diaryl/α,β-unsaturated/α-hetero) is 1. The summed E-state index contributed by atoms with van der Waals surface area (Å²) in [7, 11) is 0. The third kappa shape index (κ3) is 7.75. The Morgan fingerprint density at radius 1 is 1.12 bits per heavy atom. The third-order valence-electron chi connectivity index (χ3n) is 4.04. The summed E-state index contributed by atoms with van der Waals surface area (Å²) in [5.41, 5.74) is 0. The first kappa shape index (κ1) is 20.4. The van der Waals surface area contributed by atoms with Crippen LogP contribution in [0.25, 0.3) is 0 Å². The van der Waals surface area contributed by atoms with Gasteiger partial charge in [-0.2, -0.15) is 0 Å². The molecule has 1 aliphatic carbocycles. The highest BCUT2D eigenvalue weighted by molar-refractivity contribution is 5.96. The molecule has 0 aliphatic heterocycles. The molecule has 1 aliphatic rings. The van der Waals surface area contributed by atoms with Crippen LogP contribution in [-0.2, 0) is 4.79 Å². The Labute approximate surface area is 144 Å². The van der Waals surface area contributed by atoms with Gasteiger partial charge in [-0.05, 0) is 43.6 Å². The maximum absolute atomic E-state index is 11.6. The average Bonchev–Trinajstić information content (AvgIpc) is 2.57. The van der Waals surface area contributed by atoms with Crippen LogP contribution in [0.4, 0.5) is 0 Å². The van der Waals surface area contributed by atoms with Crippen molar-refractivity contribution in [3.8, 4) is 0 Å². The van der Waals surface area contributed by atoms with E-state index in [2.05, 4.69) is 12.2 Å². The Morgan fingerprint density at radius 3 is 2.42 bits per heavy atom. The van der Waals surface area contributed by atoms with Crippen molar-refractivity contribution >= 4 is 5.78 Å². The van der Waals surface area contributed by atoms with Gasteiger partial charge in [-0.15, -0.1) is 0 Å². The number of ketones is 1. The predicted octanol–water partition coefficient (Wildman–Crippen LogP) is 3.62. The highest BCUT2D eigenvalue weighted by atomic mass is 16.3. The topological polar surface area (TPSA) is 77.8 Å². The second kappa shape index (κ2) is 11.0. The minimum atomic E-state index is -1.14. The molecule has 0 aromatic carbocycles. The molecule has 3 N–H and O–H groups in total. The molecule has 0 aromatic heterocycles. The van der Waals surface area contributed by atoms with Crippen LogP contribution in [0, 0.1) is 11.8 Å². The highest BCUT2D eigenvalue weighted by Crippen LogP contribution is 2.17. The van der Waals surface area contributed by atoms with Crippen LogP contribution in [0.2, 0.25) is 0 Å². The molecule has 0 saturated carbocycles. The number of allylic oxidation sites excluding steroid dienone is 5. The number of aliphatic hydroxyl groups excluding tert-OH is 3. The van der Waals surface area contributed by atoms with Crippen molar-refractivity contribution in [2.75, 3.05) is 0 Å². The number of unbranched alkanes of at least 4 members (excludes halogenated alkanes) is 2. The summed E-state index contributed by atoms with van der Waals surface area (Å²) in [4.78, 5) is 11.6. The molecule has 0 bridgehead atoms. The minimum absolute atomic E-state index is 0.208. The predicted molar refractivity (Wildman–Crippen MR) is 96.6 cm³/mol. The Hall–Kier alpha value is -1.65. The van der Waals surface area contributed by atoms with E-state index in [1.54, 1.807) is 13.8 Å². The summed E-state index contributed by atoms with van der Waals surface area (Å²) < 4.78 is 0. The smallest absolute Gasteiger partial charge is 0.225 e. The monoisotopic (exact) mass is 334 g/mol. The molecule has 4 heteroatoms. The summed E-state index contributed by atoms with van der Waals surface area (Å²) >= 11 is 0. The van der Waals surface area contributed by atoms with Gasteiger partial charge in [0.15, 0.2) is 5.76 Å². The summed E-state index contributed by atoms with van der Waals surface area (Å²) in [5.74, 6) is -0.757. The van der Waals surface area contributed by atoms with E-state index in [-0.39, 0.29) is 11.7 Å². The van der Waals surface area contributed by atoms with Crippen LogP contribution in [0.1, 0.15) is 46.0 Å². The molecule has 0 unspecified atom stereocenters. The van der Waals surface area contributed by atoms with Crippen LogP contribution in [0.3, 0.4) is 0 Å². The zero-order valence-electron chi connectivity index (χ0n) is 14.6. The first-order valence-corrected chi connectivity index (χ1v) is 8.73. The standard InChI is InChI=1S/C20H30O4/c1-15(2)19(23)20(24)18(22)10-8-6-4-3-5-7-9-16-11-13-17(21)14-12-16/h4,6,10-17,19,21-23H,3,5,7-9H2,1-2H3/b6-4-,18-10-/t16-,17+,19-/m0/s1. The Balaban J connectivity index is 2.15. The number of carbonyl (C=O) groups is 1. The van der Waals surface area contributed by atoms with E-state index in [4.69, 9.17) is 0 Å². The zero-order chi connectivity index (χ0) is 17.9. The molecule has 134 valence electrons. The number of carbonyl (C=O) groups excluding carboxylic acids is 1. The van der Waals surface area contributed by atoms with Crippen molar-refractivity contribution in [1.82, 2.24) is 0 Å². The lowest BCUT2D eigenvalue weighted by molar-refractivity contribution is -0.127. The van der Waals surface area contributed by atoms with E-state index in [0.717, 1.165) is 25.7 Å². The van der Waals surface area contributed by atoms with Gasteiger partial charge in [-0.3, -0.25) is 4.79 Å². The van der Waals surface area contributed by atoms with Crippen LogP contribution in [0.15, 0.2) is 48.3 Å². The Bertz CT molecular complexity index is 486. The lowest BCUT2D eigenvalue weighted by atomic mass is 9.96. The van der Waals surface area contributed by atoms with Crippen molar-refractivity contribution in [3.63, 3.8) is 0 Å². The number of hydrogen-bond donors (Lipinski definition) is 3. The number of rotatable bonds is 10. The quantitative estimate of drug-likeness (QED) is 0.247. The van der Waals surface area contributed by atoms with Crippen LogP contribution in [-0.4, -0.2) is 33.3 Å². The lowest BCUT2D eigenvalue weighted by Gasteiger charge is -2.12. The fourth-order valence-electron chi connectivity index (χ4n) is 2.42. The van der Waals surface area contributed by atoms with Crippen LogP contribution in [0.5, 0.6) is 0 Å². The lowest BCUT2D eigenvalue weighted by Crippen LogP contribution is -2.27. The minimum Gasteiger partial charge on any atom is -0.505 e. The first-order chi connectivity index (χ1) is 11.4. The van der Waals surface area contributed by atoms with E-state index in [0.29, 0.717) is 12.3 Å². The van der Waals surface area contributed by atoms with Crippen molar-refractivity contribution < 1.29 is 20.1 Å². The van der Waals surface area contributed by atoms with Gasteiger partial charge in [0.1, 0.15) is 6.10 Å². The molecule has 0 aromatic rings. The zero-order valence-corrected chi connectivity index (χ0v) is 14.6. The molecule has 1 atom stereocenters. The van der Waals surface area contributed by atoms with Crippen molar-refractivity contribution in [2.45, 2.75) is 58.2 Å². The molecule has 0 amide bonds. The van der Waals surface area contributed by atoms with E-state index >= 15 is 0 Å². The SMILES string of the molecule is CC(C)[C@H](O)C(=O)/C(O)=C/C/C=C\CCCC[C@H]1C=C[C@@H](O)C=C1. The Kier molecular flexibility index (Phi) is 9.35. The van der Waals surface area contributed by atoms with Crippen LogP contribution >= 0.6 is 0 Å². The molecule has 0 heterocycles. The average molecular weight is 334 g/mol. The van der Waals surface area contributed by atoms with Gasteiger partial charge in [0, 0.05) is 0 Å². The first-order valence-electron chi connectivity index (χ1n) is 8.73. The fourth-order valence-corrected chi connectivity index (χ4v) is 2.42. The van der Waals surface area contributed by atoms with E-state index in [1.807, 2.05) is 24.3 Å². The van der Waals surface area contributed by atoms with Gasteiger partial charge in [0.25, 0.3) is 0 Å². The molecular formula is C20H30O4. The maximum Gasteiger partial charge on any atom is 0.225 e. The molecule has 4 nitrogen and oxygen atoms in total. The third-order valence-corrected chi connectivity index (χ3v) is 4.04. The van der Waals surface area contributed by atoms with Crippen LogP contribution < -0.4 is 0 Å². The van der Waals surface area contributed by atoms with Gasteiger partial charge >= 0.3 is 0 Å². The molecule has 24 heavy (non-hydrogen) atoms. The summed E-state index contributed by atoms with van der Waals surface area (Å²) in [6.07, 6.45) is 16.3.